The van der Waals surface area contributed by atoms with Gasteiger partial charge in [-0.05, 0) is 12.8 Å². The number of carboxylic acid groups (broad SMARTS) is 2. The highest BCUT2D eigenvalue weighted by molar-refractivity contribution is 5.98. The monoisotopic (exact) mass is 203 g/mol. The van der Waals surface area contributed by atoms with E-state index in [1.54, 1.807) is 0 Å². The lowest BCUT2D eigenvalue weighted by molar-refractivity contribution is -0.170. The molecule has 0 bridgehead atoms. The Balaban J connectivity index is 2.91. The summed E-state index contributed by atoms with van der Waals surface area (Å²) in [5.41, 5.74) is 3.60. The molecule has 1 rings (SSSR count). The molecule has 1 aliphatic carbocycles. The molecule has 5 N–H and O–H groups in total. The molecule has 1 fully saturated rings. The van der Waals surface area contributed by atoms with Crippen LogP contribution in [0.25, 0.3) is 0 Å². The molecule has 14 heavy (non-hydrogen) atoms. The van der Waals surface area contributed by atoms with E-state index in [4.69, 9.17) is 15.9 Å². The first-order chi connectivity index (χ1) is 6.40. The molecule has 2 unspecified atom stereocenters. The van der Waals surface area contributed by atoms with E-state index in [9.17, 15) is 14.7 Å². The molecule has 0 aromatic carbocycles. The first kappa shape index (κ1) is 10.9. The van der Waals surface area contributed by atoms with Gasteiger partial charge in [-0.15, -0.1) is 0 Å². The van der Waals surface area contributed by atoms with Crippen molar-refractivity contribution < 1.29 is 24.9 Å². The molecule has 1 saturated carbocycles. The number of rotatable bonds is 2. The van der Waals surface area contributed by atoms with Crippen LogP contribution in [0.15, 0.2) is 0 Å². The maximum absolute atomic E-state index is 10.8. The molecular weight excluding hydrogens is 190 g/mol. The van der Waals surface area contributed by atoms with Gasteiger partial charge in [-0.1, -0.05) is 0 Å². The summed E-state index contributed by atoms with van der Waals surface area (Å²) in [6.45, 7) is 0. The normalized spacial score (nSPS) is 31.0. The van der Waals surface area contributed by atoms with Gasteiger partial charge in [-0.25, -0.2) is 0 Å². The highest BCUT2D eigenvalue weighted by atomic mass is 16.4. The maximum Gasteiger partial charge on any atom is 0.321 e. The molecule has 2 atom stereocenters. The Morgan fingerprint density at radius 2 is 1.79 bits per heavy atom. The van der Waals surface area contributed by atoms with E-state index >= 15 is 0 Å². The van der Waals surface area contributed by atoms with Crippen molar-refractivity contribution in [2.75, 3.05) is 0 Å². The second-order valence-corrected chi connectivity index (χ2v) is 3.67. The first-order valence-electron chi connectivity index (χ1n) is 4.30. The summed E-state index contributed by atoms with van der Waals surface area (Å²) in [5.74, 6) is -2.81. The Bertz CT molecular complexity index is 250. The molecule has 0 aliphatic heterocycles. The number of aliphatic hydroxyl groups is 1. The molecular formula is C8H13NO5. The zero-order valence-corrected chi connectivity index (χ0v) is 7.51. The lowest BCUT2D eigenvalue weighted by Gasteiger charge is -2.35. The summed E-state index contributed by atoms with van der Waals surface area (Å²) >= 11 is 0. The Hall–Kier alpha value is -1.14. The van der Waals surface area contributed by atoms with Crippen molar-refractivity contribution in [3.05, 3.63) is 0 Å². The first-order valence-corrected chi connectivity index (χ1v) is 4.30. The Kier molecular flexibility index (Phi) is 2.77. The van der Waals surface area contributed by atoms with Crippen LogP contribution >= 0.6 is 0 Å². The zero-order valence-electron chi connectivity index (χ0n) is 7.51. The fourth-order valence-electron chi connectivity index (χ4n) is 1.70. The van der Waals surface area contributed by atoms with Crippen LogP contribution in [0.4, 0.5) is 0 Å². The van der Waals surface area contributed by atoms with Crippen LogP contribution in [-0.4, -0.2) is 39.4 Å². The Labute approximate surface area is 80.3 Å². The summed E-state index contributed by atoms with van der Waals surface area (Å²) in [6.07, 6.45) is -1.20. The maximum atomic E-state index is 10.8. The third-order valence-corrected chi connectivity index (χ3v) is 2.78. The molecule has 6 heteroatoms. The average Bonchev–Trinajstić information content (AvgIpc) is 2.09. The lowest BCUT2D eigenvalue weighted by Crippen LogP contribution is -2.51. The molecule has 80 valence electrons. The summed E-state index contributed by atoms with van der Waals surface area (Å²) in [7, 11) is 0. The van der Waals surface area contributed by atoms with E-state index in [-0.39, 0.29) is 19.3 Å². The van der Waals surface area contributed by atoms with Crippen molar-refractivity contribution in [2.24, 2.45) is 11.1 Å². The molecule has 0 radical (unpaired) electrons. The second kappa shape index (κ2) is 3.55. The molecule has 6 nitrogen and oxygen atoms in total. The minimum Gasteiger partial charge on any atom is -0.480 e. The van der Waals surface area contributed by atoms with Crippen LogP contribution in [-0.2, 0) is 9.59 Å². The van der Waals surface area contributed by atoms with Gasteiger partial charge in [0.25, 0.3) is 0 Å². The highest BCUT2D eigenvalue weighted by Gasteiger charge is 2.51. The van der Waals surface area contributed by atoms with Crippen molar-refractivity contribution in [1.29, 1.82) is 0 Å². The number of nitrogens with two attached hydrogens (primary N) is 1. The van der Waals surface area contributed by atoms with Crippen LogP contribution in [0.1, 0.15) is 19.3 Å². The largest absolute Gasteiger partial charge is 0.480 e. The number of aliphatic carboxylic acids is 2. The Morgan fingerprint density at radius 3 is 2.14 bits per heavy atom. The van der Waals surface area contributed by atoms with Crippen LogP contribution in [0.3, 0.4) is 0 Å². The summed E-state index contributed by atoms with van der Waals surface area (Å²) in [5, 5.41) is 27.0. The summed E-state index contributed by atoms with van der Waals surface area (Å²) < 4.78 is 0. The minimum absolute atomic E-state index is 0.0319. The summed E-state index contributed by atoms with van der Waals surface area (Å²) in [6, 6.07) is -0.526. The molecule has 0 saturated heterocycles. The third-order valence-electron chi connectivity index (χ3n) is 2.78. The zero-order chi connectivity index (χ0) is 10.9. The number of aliphatic hydroxyl groups excluding tert-OH is 1. The van der Waals surface area contributed by atoms with E-state index in [0.29, 0.717) is 0 Å². The van der Waals surface area contributed by atoms with E-state index in [0.717, 1.165) is 0 Å². The van der Waals surface area contributed by atoms with Gasteiger partial charge in [0.05, 0.1) is 6.10 Å². The standard InChI is InChI=1S/C8H13NO5/c9-4-1-2-8(6(11)12,7(13)14)3-5(4)10/h4-5,10H,1-3,9H2,(H,11,12)(H,13,14). The van der Waals surface area contributed by atoms with E-state index in [1.165, 1.54) is 0 Å². The van der Waals surface area contributed by atoms with E-state index in [1.807, 2.05) is 0 Å². The quantitative estimate of drug-likeness (QED) is 0.428. The van der Waals surface area contributed by atoms with Gasteiger partial charge in [-0.2, -0.15) is 0 Å². The van der Waals surface area contributed by atoms with Crippen LogP contribution in [0.5, 0.6) is 0 Å². The van der Waals surface area contributed by atoms with Crippen molar-refractivity contribution in [3.8, 4) is 0 Å². The van der Waals surface area contributed by atoms with Crippen LogP contribution < -0.4 is 5.73 Å². The molecule has 1 aliphatic rings. The van der Waals surface area contributed by atoms with Crippen molar-refractivity contribution in [2.45, 2.75) is 31.4 Å². The number of carbonyl (C=O) groups is 2. The molecule has 0 amide bonds. The van der Waals surface area contributed by atoms with Gasteiger partial charge in [0, 0.05) is 12.5 Å². The number of hydrogen-bond acceptors (Lipinski definition) is 4. The fraction of sp³-hybridized carbons (Fsp3) is 0.750. The predicted octanol–water partition coefficient (Wildman–Crippen LogP) is -0.986. The van der Waals surface area contributed by atoms with E-state index in [2.05, 4.69) is 0 Å². The van der Waals surface area contributed by atoms with Crippen molar-refractivity contribution in [1.82, 2.24) is 0 Å². The topological polar surface area (TPSA) is 121 Å². The average molecular weight is 203 g/mol. The minimum atomic E-state index is -1.87. The van der Waals surface area contributed by atoms with Gasteiger partial charge in [0.15, 0.2) is 5.41 Å². The van der Waals surface area contributed by atoms with Gasteiger partial charge >= 0.3 is 11.9 Å². The van der Waals surface area contributed by atoms with Crippen molar-refractivity contribution >= 4 is 11.9 Å². The molecule has 0 spiro atoms. The number of carboxylic acids is 2. The lowest BCUT2D eigenvalue weighted by atomic mass is 9.71. The van der Waals surface area contributed by atoms with Gasteiger partial charge in [0.2, 0.25) is 0 Å². The SMILES string of the molecule is NC1CCC(C(=O)O)(C(=O)O)CC1O. The molecule has 0 aromatic rings. The Morgan fingerprint density at radius 1 is 1.29 bits per heavy atom. The van der Waals surface area contributed by atoms with E-state index < -0.39 is 29.5 Å². The molecule has 0 heterocycles. The van der Waals surface area contributed by atoms with Gasteiger partial charge < -0.3 is 21.1 Å². The van der Waals surface area contributed by atoms with Gasteiger partial charge in [0.1, 0.15) is 0 Å². The number of hydrogen-bond donors (Lipinski definition) is 4. The third kappa shape index (κ3) is 1.58. The van der Waals surface area contributed by atoms with Crippen molar-refractivity contribution in [3.63, 3.8) is 0 Å². The van der Waals surface area contributed by atoms with Crippen LogP contribution in [0.2, 0.25) is 0 Å². The molecule has 0 aromatic heterocycles. The highest BCUT2D eigenvalue weighted by Crippen LogP contribution is 2.36. The summed E-state index contributed by atoms with van der Waals surface area (Å²) in [4.78, 5) is 21.7. The van der Waals surface area contributed by atoms with Gasteiger partial charge in [-0.3, -0.25) is 9.59 Å². The fourth-order valence-corrected chi connectivity index (χ4v) is 1.70. The smallest absolute Gasteiger partial charge is 0.321 e. The second-order valence-electron chi connectivity index (χ2n) is 3.67. The predicted molar refractivity (Wildman–Crippen MR) is 45.5 cm³/mol. The van der Waals surface area contributed by atoms with Crippen LogP contribution in [0, 0.1) is 5.41 Å².